The van der Waals surface area contributed by atoms with Crippen LogP contribution in [0.2, 0.25) is 0 Å². The molecule has 1 saturated heterocycles. The topological polar surface area (TPSA) is 37.4 Å². The van der Waals surface area contributed by atoms with E-state index in [0.29, 0.717) is 12.2 Å². The van der Waals surface area contributed by atoms with Gasteiger partial charge in [0, 0.05) is 38.1 Å². The number of rotatable bonds is 6. The Kier molecular flexibility index (Phi) is 5.78. The first-order valence-corrected chi connectivity index (χ1v) is 9.17. The molecule has 1 aliphatic rings. The summed E-state index contributed by atoms with van der Waals surface area (Å²) < 4.78 is 5.79. The number of hydrogen-bond acceptors (Lipinski definition) is 5. The Morgan fingerprint density at radius 2 is 1.83 bits per heavy atom. The SMILES string of the molecule is C[C@@H]1CN(Cc2ccc(CNCc3cscn3)cc2)C[C@H](C)O1. The van der Waals surface area contributed by atoms with Gasteiger partial charge in [-0.25, -0.2) is 4.98 Å². The second-order valence-corrected chi connectivity index (χ2v) is 7.07. The van der Waals surface area contributed by atoms with Crippen molar-refractivity contribution in [2.24, 2.45) is 0 Å². The fourth-order valence-electron chi connectivity index (χ4n) is 3.09. The maximum atomic E-state index is 5.79. The van der Waals surface area contributed by atoms with Crippen molar-refractivity contribution in [3.05, 3.63) is 52.0 Å². The standard InChI is InChI=1S/C18H25N3OS/c1-14-9-21(10-15(2)22-14)11-17-5-3-16(4-6-17)7-19-8-18-12-23-13-20-18/h3-6,12-15,19H,7-11H2,1-2H3/t14-,15+. The van der Waals surface area contributed by atoms with E-state index in [2.05, 4.69) is 58.7 Å². The molecule has 1 aromatic carbocycles. The Morgan fingerprint density at radius 3 is 2.48 bits per heavy atom. The maximum absolute atomic E-state index is 5.79. The first-order valence-electron chi connectivity index (χ1n) is 8.22. The molecule has 0 spiro atoms. The molecule has 1 aliphatic heterocycles. The van der Waals surface area contributed by atoms with Crippen molar-refractivity contribution >= 4 is 11.3 Å². The lowest BCUT2D eigenvalue weighted by Gasteiger charge is -2.35. The molecule has 1 N–H and O–H groups in total. The lowest BCUT2D eigenvalue weighted by atomic mass is 10.1. The summed E-state index contributed by atoms with van der Waals surface area (Å²) in [5.74, 6) is 0. The Labute approximate surface area is 142 Å². The van der Waals surface area contributed by atoms with Crippen LogP contribution in [0.1, 0.15) is 30.7 Å². The predicted molar refractivity (Wildman–Crippen MR) is 94.4 cm³/mol. The average Bonchev–Trinajstić information content (AvgIpc) is 3.01. The number of morpholine rings is 1. The minimum absolute atomic E-state index is 0.327. The molecule has 2 heterocycles. The van der Waals surface area contributed by atoms with Crippen molar-refractivity contribution in [2.75, 3.05) is 13.1 Å². The van der Waals surface area contributed by atoms with Gasteiger partial charge in [0.15, 0.2) is 0 Å². The Balaban J connectivity index is 1.47. The van der Waals surface area contributed by atoms with E-state index in [-0.39, 0.29) is 0 Å². The average molecular weight is 331 g/mol. The Morgan fingerprint density at radius 1 is 1.13 bits per heavy atom. The van der Waals surface area contributed by atoms with Gasteiger partial charge in [-0.3, -0.25) is 4.90 Å². The first kappa shape index (κ1) is 16.6. The van der Waals surface area contributed by atoms with Gasteiger partial charge in [-0.2, -0.15) is 0 Å². The van der Waals surface area contributed by atoms with Crippen molar-refractivity contribution in [2.45, 2.75) is 45.7 Å². The third-order valence-electron chi connectivity index (χ3n) is 4.04. The van der Waals surface area contributed by atoms with Gasteiger partial charge < -0.3 is 10.1 Å². The highest BCUT2D eigenvalue weighted by Gasteiger charge is 2.21. The summed E-state index contributed by atoms with van der Waals surface area (Å²) in [5.41, 5.74) is 5.67. The van der Waals surface area contributed by atoms with Gasteiger partial charge in [-0.15, -0.1) is 11.3 Å². The normalized spacial score (nSPS) is 22.3. The molecule has 1 aromatic heterocycles. The van der Waals surface area contributed by atoms with Gasteiger partial charge in [-0.1, -0.05) is 24.3 Å². The Hall–Kier alpha value is -1.27. The molecule has 4 nitrogen and oxygen atoms in total. The summed E-state index contributed by atoms with van der Waals surface area (Å²) in [4.78, 5) is 6.76. The summed E-state index contributed by atoms with van der Waals surface area (Å²) in [7, 11) is 0. The summed E-state index contributed by atoms with van der Waals surface area (Å²) in [6.45, 7) is 9.05. The zero-order valence-electron chi connectivity index (χ0n) is 13.9. The van der Waals surface area contributed by atoms with Crippen LogP contribution in [-0.2, 0) is 24.4 Å². The van der Waals surface area contributed by atoms with Crippen LogP contribution in [0.25, 0.3) is 0 Å². The molecular weight excluding hydrogens is 306 g/mol. The molecule has 3 rings (SSSR count). The molecule has 0 saturated carbocycles. The molecular formula is C18H25N3OS. The number of thiazole rings is 1. The second-order valence-electron chi connectivity index (χ2n) is 6.35. The number of ether oxygens (including phenoxy) is 1. The van der Waals surface area contributed by atoms with E-state index >= 15 is 0 Å². The molecule has 0 unspecified atom stereocenters. The third kappa shape index (κ3) is 5.11. The summed E-state index contributed by atoms with van der Waals surface area (Å²) in [6.07, 6.45) is 0.654. The van der Waals surface area contributed by atoms with Gasteiger partial charge >= 0.3 is 0 Å². The van der Waals surface area contributed by atoms with Crippen LogP contribution in [0, 0.1) is 0 Å². The number of benzene rings is 1. The van der Waals surface area contributed by atoms with Crippen molar-refractivity contribution < 1.29 is 4.74 Å². The molecule has 2 aromatic rings. The molecule has 0 amide bonds. The largest absolute Gasteiger partial charge is 0.373 e. The van der Waals surface area contributed by atoms with Gasteiger partial charge in [-0.05, 0) is 25.0 Å². The van der Waals surface area contributed by atoms with E-state index in [0.717, 1.165) is 38.4 Å². The monoisotopic (exact) mass is 331 g/mol. The summed E-state index contributed by atoms with van der Waals surface area (Å²) >= 11 is 1.64. The number of nitrogens with zero attached hydrogens (tertiary/aromatic N) is 2. The molecule has 124 valence electrons. The van der Waals surface area contributed by atoms with Crippen LogP contribution in [0.4, 0.5) is 0 Å². The van der Waals surface area contributed by atoms with E-state index in [1.165, 1.54) is 11.1 Å². The number of hydrogen-bond donors (Lipinski definition) is 1. The van der Waals surface area contributed by atoms with E-state index in [4.69, 9.17) is 4.74 Å². The lowest BCUT2D eigenvalue weighted by Crippen LogP contribution is -2.44. The molecule has 23 heavy (non-hydrogen) atoms. The van der Waals surface area contributed by atoms with Crippen LogP contribution < -0.4 is 5.32 Å². The fraction of sp³-hybridized carbons (Fsp3) is 0.500. The lowest BCUT2D eigenvalue weighted by molar-refractivity contribution is -0.0704. The molecule has 1 fully saturated rings. The van der Waals surface area contributed by atoms with Crippen LogP contribution >= 0.6 is 11.3 Å². The quantitative estimate of drug-likeness (QED) is 0.883. The van der Waals surface area contributed by atoms with Crippen LogP contribution in [0.5, 0.6) is 0 Å². The first-order chi connectivity index (χ1) is 11.2. The molecule has 0 radical (unpaired) electrons. The minimum atomic E-state index is 0.327. The van der Waals surface area contributed by atoms with Crippen LogP contribution in [0.15, 0.2) is 35.2 Å². The molecule has 5 heteroatoms. The molecule has 2 atom stereocenters. The van der Waals surface area contributed by atoms with Crippen molar-refractivity contribution in [1.29, 1.82) is 0 Å². The minimum Gasteiger partial charge on any atom is -0.373 e. The number of aromatic nitrogens is 1. The van der Waals surface area contributed by atoms with E-state index < -0.39 is 0 Å². The van der Waals surface area contributed by atoms with E-state index in [1.54, 1.807) is 11.3 Å². The molecule has 0 bridgehead atoms. The highest BCUT2D eigenvalue weighted by atomic mass is 32.1. The van der Waals surface area contributed by atoms with Gasteiger partial charge in [0.05, 0.1) is 23.4 Å². The van der Waals surface area contributed by atoms with Crippen molar-refractivity contribution in [1.82, 2.24) is 15.2 Å². The summed E-state index contributed by atoms with van der Waals surface area (Å²) in [5, 5.41) is 5.52. The Bertz CT molecular complexity index is 575. The van der Waals surface area contributed by atoms with Gasteiger partial charge in [0.1, 0.15) is 0 Å². The van der Waals surface area contributed by atoms with Crippen molar-refractivity contribution in [3.63, 3.8) is 0 Å². The summed E-state index contributed by atoms with van der Waals surface area (Å²) in [6, 6.07) is 8.92. The predicted octanol–water partition coefficient (Wildman–Crippen LogP) is 3.04. The van der Waals surface area contributed by atoms with Crippen molar-refractivity contribution in [3.8, 4) is 0 Å². The zero-order chi connectivity index (χ0) is 16.1. The zero-order valence-corrected chi connectivity index (χ0v) is 14.7. The van der Waals surface area contributed by atoms with Crippen LogP contribution in [-0.4, -0.2) is 35.2 Å². The van der Waals surface area contributed by atoms with Gasteiger partial charge in [0.2, 0.25) is 0 Å². The van der Waals surface area contributed by atoms with E-state index in [1.807, 2.05) is 5.51 Å². The smallest absolute Gasteiger partial charge is 0.0795 e. The highest BCUT2D eigenvalue weighted by molar-refractivity contribution is 7.07. The number of nitrogens with one attached hydrogen (secondary N) is 1. The second kappa shape index (κ2) is 8.02. The maximum Gasteiger partial charge on any atom is 0.0795 e. The third-order valence-corrected chi connectivity index (χ3v) is 4.68. The van der Waals surface area contributed by atoms with Crippen LogP contribution in [0.3, 0.4) is 0 Å². The molecule has 0 aliphatic carbocycles. The van der Waals surface area contributed by atoms with Gasteiger partial charge in [0.25, 0.3) is 0 Å². The van der Waals surface area contributed by atoms with E-state index in [9.17, 15) is 0 Å². The fourth-order valence-corrected chi connectivity index (χ4v) is 3.65. The highest BCUT2D eigenvalue weighted by Crippen LogP contribution is 2.14.